The van der Waals surface area contributed by atoms with Crippen molar-refractivity contribution in [2.24, 2.45) is 0 Å². The highest BCUT2D eigenvalue weighted by Gasteiger charge is 2.44. The van der Waals surface area contributed by atoms with Crippen LogP contribution >= 0.6 is 0 Å². The molecule has 0 aromatic heterocycles. The maximum Gasteiger partial charge on any atom is 0.334 e. The van der Waals surface area contributed by atoms with Crippen LogP contribution in [0.4, 0.5) is 0 Å². The number of aryl methyl sites for hydroxylation is 1. The fourth-order valence-electron chi connectivity index (χ4n) is 3.29. The van der Waals surface area contributed by atoms with Crippen molar-refractivity contribution in [3.63, 3.8) is 0 Å². The molecule has 0 saturated carbocycles. The zero-order valence-corrected chi connectivity index (χ0v) is 16.8. The van der Waals surface area contributed by atoms with Gasteiger partial charge in [0.05, 0.1) is 6.61 Å². The summed E-state index contributed by atoms with van der Waals surface area (Å²) in [5.41, 5.74) is 0.491. The summed E-state index contributed by atoms with van der Waals surface area (Å²) in [4.78, 5) is 24.2. The smallest absolute Gasteiger partial charge is 0.334 e. The van der Waals surface area contributed by atoms with Crippen molar-refractivity contribution < 1.29 is 24.2 Å². The third-order valence-electron chi connectivity index (χ3n) is 5.03. The first-order valence-corrected chi connectivity index (χ1v) is 10.3. The lowest BCUT2D eigenvalue weighted by Crippen LogP contribution is -2.39. The van der Waals surface area contributed by atoms with Crippen molar-refractivity contribution in [3.8, 4) is 0 Å². The highest BCUT2D eigenvalue weighted by molar-refractivity contribution is 5.91. The Morgan fingerprint density at radius 1 is 1.21 bits per heavy atom. The number of hydrogen-bond donors (Lipinski definition) is 1. The molecule has 0 radical (unpaired) electrons. The Hall–Kier alpha value is -2.14. The number of benzene rings is 1. The quantitative estimate of drug-likeness (QED) is 0.331. The van der Waals surface area contributed by atoms with E-state index >= 15 is 0 Å². The minimum Gasteiger partial charge on any atom is -0.461 e. The van der Waals surface area contributed by atoms with Gasteiger partial charge in [-0.1, -0.05) is 69.0 Å². The van der Waals surface area contributed by atoms with Crippen LogP contribution in [-0.2, 0) is 25.5 Å². The molecule has 1 aliphatic heterocycles. The molecule has 0 spiro atoms. The van der Waals surface area contributed by atoms with Crippen LogP contribution in [0, 0.1) is 0 Å². The lowest BCUT2D eigenvalue weighted by molar-refractivity contribution is -0.166. The number of ether oxygens (including phenoxy) is 2. The average molecular weight is 389 g/mol. The van der Waals surface area contributed by atoms with E-state index in [0.29, 0.717) is 12.0 Å². The number of carbonyl (C=O) groups is 2. The molecule has 1 N–H and O–H groups in total. The van der Waals surface area contributed by atoms with E-state index in [0.717, 1.165) is 24.8 Å². The van der Waals surface area contributed by atoms with E-state index in [1.165, 1.54) is 19.3 Å². The Balaban J connectivity index is 1.77. The van der Waals surface area contributed by atoms with Gasteiger partial charge in [0.25, 0.3) is 0 Å². The Bertz CT molecular complexity index is 652. The number of carbonyl (C=O) groups excluding carboxylic acids is 2. The van der Waals surface area contributed by atoms with Gasteiger partial charge in [-0.3, -0.25) is 4.79 Å². The van der Waals surface area contributed by atoms with Crippen molar-refractivity contribution in [3.05, 3.63) is 47.5 Å². The molecule has 1 unspecified atom stereocenters. The Morgan fingerprint density at radius 3 is 2.68 bits per heavy atom. The molecular weight excluding hydrogens is 356 g/mol. The van der Waals surface area contributed by atoms with Crippen molar-refractivity contribution in [1.82, 2.24) is 0 Å². The summed E-state index contributed by atoms with van der Waals surface area (Å²) in [6.07, 6.45) is 9.70. The van der Waals surface area contributed by atoms with Crippen molar-refractivity contribution in [2.75, 3.05) is 13.2 Å². The molecule has 1 aromatic carbocycles. The zero-order valence-electron chi connectivity index (χ0n) is 16.8. The summed E-state index contributed by atoms with van der Waals surface area (Å²) < 4.78 is 10.7. The van der Waals surface area contributed by atoms with Crippen LogP contribution in [-0.4, -0.2) is 35.9 Å². The molecule has 1 aromatic rings. The molecule has 28 heavy (non-hydrogen) atoms. The predicted octanol–water partition coefficient (Wildman–Crippen LogP) is 4.13. The zero-order chi connectivity index (χ0) is 20.2. The van der Waals surface area contributed by atoms with E-state index in [2.05, 4.69) is 6.92 Å². The monoisotopic (exact) mass is 388 g/mol. The molecule has 2 rings (SSSR count). The lowest BCUT2D eigenvalue weighted by Gasteiger charge is -2.24. The van der Waals surface area contributed by atoms with Gasteiger partial charge in [-0.25, -0.2) is 4.79 Å². The first-order chi connectivity index (χ1) is 13.6. The summed E-state index contributed by atoms with van der Waals surface area (Å²) in [6, 6.07) is 9.70. The van der Waals surface area contributed by atoms with Crippen LogP contribution in [0.2, 0.25) is 0 Å². The van der Waals surface area contributed by atoms with E-state index in [1.54, 1.807) is 0 Å². The second-order valence-corrected chi connectivity index (χ2v) is 7.49. The number of aliphatic hydroxyl groups excluding tert-OH is 1. The molecule has 5 nitrogen and oxygen atoms in total. The fraction of sp³-hybridized carbons (Fsp3) is 0.565. The summed E-state index contributed by atoms with van der Waals surface area (Å²) in [7, 11) is 0. The maximum absolute atomic E-state index is 12.1. The van der Waals surface area contributed by atoms with Crippen LogP contribution in [0.3, 0.4) is 0 Å². The second kappa shape index (κ2) is 11.6. The lowest BCUT2D eigenvalue weighted by atomic mass is 9.98. The number of hydrogen-bond acceptors (Lipinski definition) is 5. The fourth-order valence-corrected chi connectivity index (χ4v) is 3.29. The molecule has 154 valence electrons. The van der Waals surface area contributed by atoms with Gasteiger partial charge < -0.3 is 14.6 Å². The summed E-state index contributed by atoms with van der Waals surface area (Å²) in [6.45, 7) is 1.70. The molecule has 5 heteroatoms. The highest BCUT2D eigenvalue weighted by atomic mass is 16.6. The normalized spacial score (nSPS) is 20.4. The van der Waals surface area contributed by atoms with Gasteiger partial charge in [0, 0.05) is 18.4 Å². The Labute approximate surface area is 167 Å². The molecule has 0 amide bonds. The summed E-state index contributed by atoms with van der Waals surface area (Å²) in [5.74, 6) is -0.774. The van der Waals surface area contributed by atoms with Crippen LogP contribution < -0.4 is 0 Å². The number of esters is 2. The van der Waals surface area contributed by atoms with Gasteiger partial charge in [0.2, 0.25) is 0 Å². The van der Waals surface area contributed by atoms with E-state index in [9.17, 15) is 14.7 Å². The van der Waals surface area contributed by atoms with Crippen molar-refractivity contribution >= 4 is 11.9 Å². The van der Waals surface area contributed by atoms with Gasteiger partial charge in [-0.15, -0.1) is 0 Å². The number of rotatable bonds is 12. The van der Waals surface area contributed by atoms with Gasteiger partial charge in [0.15, 0.2) is 5.60 Å². The van der Waals surface area contributed by atoms with E-state index < -0.39 is 11.6 Å². The molecule has 0 aliphatic carbocycles. The van der Waals surface area contributed by atoms with E-state index in [-0.39, 0.29) is 32.0 Å². The highest BCUT2D eigenvalue weighted by Crippen LogP contribution is 2.31. The van der Waals surface area contributed by atoms with Gasteiger partial charge in [0.1, 0.15) is 6.61 Å². The first kappa shape index (κ1) is 22.2. The largest absolute Gasteiger partial charge is 0.461 e. The summed E-state index contributed by atoms with van der Waals surface area (Å²) >= 11 is 0. The van der Waals surface area contributed by atoms with Gasteiger partial charge in [-0.05, 0) is 24.8 Å². The standard InChI is InChI=1S/C23H32O5/c1-2-3-4-5-6-10-13-20-16-23(17-24,28-22(20)26)18-27-21(25)15-14-19-11-8-7-9-12-19/h7-9,11-13,24H,2-6,10,14-18H2,1H3/b20-13+. The molecule has 1 heterocycles. The van der Waals surface area contributed by atoms with E-state index in [1.807, 2.05) is 36.4 Å². The van der Waals surface area contributed by atoms with Crippen LogP contribution in [0.5, 0.6) is 0 Å². The van der Waals surface area contributed by atoms with Crippen LogP contribution in [0.1, 0.15) is 63.9 Å². The molecule has 0 bridgehead atoms. The molecule has 1 aliphatic rings. The van der Waals surface area contributed by atoms with Crippen molar-refractivity contribution in [2.45, 2.75) is 70.3 Å². The Kier molecular flexibility index (Phi) is 9.21. The third-order valence-corrected chi connectivity index (χ3v) is 5.03. The topological polar surface area (TPSA) is 72.8 Å². The van der Waals surface area contributed by atoms with Gasteiger partial charge >= 0.3 is 11.9 Å². The third kappa shape index (κ3) is 7.12. The maximum atomic E-state index is 12.1. The molecule has 1 saturated heterocycles. The summed E-state index contributed by atoms with van der Waals surface area (Å²) in [5, 5.41) is 9.75. The molecule has 1 atom stereocenters. The minimum absolute atomic E-state index is 0.114. The number of aliphatic hydroxyl groups is 1. The molecule has 1 fully saturated rings. The minimum atomic E-state index is -1.15. The van der Waals surface area contributed by atoms with Crippen molar-refractivity contribution in [1.29, 1.82) is 0 Å². The molecular formula is C23H32O5. The number of cyclic esters (lactones) is 1. The second-order valence-electron chi connectivity index (χ2n) is 7.49. The average Bonchev–Trinajstić information content (AvgIpc) is 3.04. The SMILES string of the molecule is CCCCCCC/C=C1\CC(CO)(COC(=O)CCc2ccccc2)OC1=O. The van der Waals surface area contributed by atoms with Crippen LogP contribution in [0.25, 0.3) is 0 Å². The van der Waals surface area contributed by atoms with Crippen LogP contribution in [0.15, 0.2) is 42.0 Å². The predicted molar refractivity (Wildman–Crippen MR) is 108 cm³/mol. The van der Waals surface area contributed by atoms with Gasteiger partial charge in [-0.2, -0.15) is 0 Å². The van der Waals surface area contributed by atoms with E-state index in [4.69, 9.17) is 9.47 Å². The number of allylic oxidation sites excluding steroid dienone is 1. The number of unbranched alkanes of at least 4 members (excludes halogenated alkanes) is 5. The Morgan fingerprint density at radius 2 is 1.96 bits per heavy atom. The first-order valence-electron chi connectivity index (χ1n) is 10.3.